The summed E-state index contributed by atoms with van der Waals surface area (Å²) in [5, 5.41) is 18.7. The van der Waals surface area contributed by atoms with Gasteiger partial charge in [-0.15, -0.1) is 0 Å². The zero-order valence-electron chi connectivity index (χ0n) is 13.5. The van der Waals surface area contributed by atoms with Crippen molar-refractivity contribution in [1.82, 2.24) is 0 Å². The lowest BCUT2D eigenvalue weighted by molar-refractivity contribution is -0.140. The van der Waals surface area contributed by atoms with Crippen LogP contribution in [0.25, 0.3) is 0 Å². The van der Waals surface area contributed by atoms with Crippen LogP contribution in [0.15, 0.2) is 48.5 Å². The van der Waals surface area contributed by atoms with Crippen LogP contribution in [0, 0.1) is 17.8 Å². The van der Waals surface area contributed by atoms with Crippen molar-refractivity contribution in [3.05, 3.63) is 65.2 Å². The molecule has 1 atom stereocenters. The molecule has 0 bridgehead atoms. The molecule has 0 aliphatic carbocycles. The Morgan fingerprint density at radius 2 is 1.76 bits per heavy atom. The summed E-state index contributed by atoms with van der Waals surface area (Å²) in [6, 6.07) is 14.4. The highest BCUT2D eigenvalue weighted by Gasteiger charge is 2.31. The molecule has 1 heterocycles. The molecule has 126 valence electrons. The zero-order chi connectivity index (χ0) is 17.8. The molecule has 25 heavy (non-hydrogen) atoms. The van der Waals surface area contributed by atoms with Gasteiger partial charge in [-0.3, -0.25) is 4.79 Å². The van der Waals surface area contributed by atoms with Crippen LogP contribution in [0.3, 0.4) is 0 Å². The minimum atomic E-state index is -1.04. The molecule has 5 nitrogen and oxygen atoms in total. The van der Waals surface area contributed by atoms with Gasteiger partial charge in [0, 0.05) is 24.2 Å². The van der Waals surface area contributed by atoms with Crippen LogP contribution in [-0.2, 0) is 4.79 Å². The van der Waals surface area contributed by atoms with Gasteiger partial charge in [-0.05, 0) is 30.7 Å². The molecule has 2 N–H and O–H groups in total. The number of carbonyl (C=O) groups is 2. The van der Waals surface area contributed by atoms with Crippen molar-refractivity contribution < 1.29 is 19.8 Å². The van der Waals surface area contributed by atoms with Crippen molar-refractivity contribution in [1.29, 1.82) is 0 Å². The van der Waals surface area contributed by atoms with Gasteiger partial charge in [0.25, 0.3) is 0 Å². The van der Waals surface area contributed by atoms with Crippen LogP contribution in [0.5, 0.6) is 0 Å². The summed E-state index contributed by atoms with van der Waals surface area (Å²) in [7, 11) is 0. The topological polar surface area (TPSA) is 77.8 Å². The molecule has 1 aliphatic rings. The van der Waals surface area contributed by atoms with Gasteiger partial charge in [0.05, 0.1) is 17.2 Å². The van der Waals surface area contributed by atoms with Crippen molar-refractivity contribution in [2.75, 3.05) is 18.0 Å². The second kappa shape index (κ2) is 7.10. The second-order valence-electron chi connectivity index (χ2n) is 5.89. The molecule has 0 aromatic heterocycles. The van der Waals surface area contributed by atoms with E-state index in [0.717, 1.165) is 5.56 Å². The molecule has 0 saturated carbocycles. The van der Waals surface area contributed by atoms with Crippen molar-refractivity contribution in [2.45, 2.75) is 6.42 Å². The SMILES string of the molecule is O=C(O)c1cccc(C#Cc2ccccc2)c1N1CCC(C(=O)O)C1. The Kier molecular flexibility index (Phi) is 4.71. The molecular weight excluding hydrogens is 318 g/mol. The Bertz CT molecular complexity index is 864. The van der Waals surface area contributed by atoms with Crippen LogP contribution in [0.2, 0.25) is 0 Å². The lowest BCUT2D eigenvalue weighted by Gasteiger charge is -2.22. The van der Waals surface area contributed by atoms with Crippen molar-refractivity contribution >= 4 is 17.6 Å². The largest absolute Gasteiger partial charge is 0.481 e. The van der Waals surface area contributed by atoms with E-state index in [-0.39, 0.29) is 5.56 Å². The Morgan fingerprint density at radius 1 is 1.00 bits per heavy atom. The molecule has 1 unspecified atom stereocenters. The fourth-order valence-corrected chi connectivity index (χ4v) is 2.98. The summed E-state index contributed by atoms with van der Waals surface area (Å²) in [4.78, 5) is 24.7. The summed E-state index contributed by atoms with van der Waals surface area (Å²) in [6.45, 7) is 0.793. The first-order valence-corrected chi connectivity index (χ1v) is 7.97. The smallest absolute Gasteiger partial charge is 0.337 e. The van der Waals surface area contributed by atoms with Gasteiger partial charge in [0.2, 0.25) is 0 Å². The van der Waals surface area contributed by atoms with E-state index in [1.807, 2.05) is 35.2 Å². The second-order valence-corrected chi connectivity index (χ2v) is 5.89. The number of aromatic carboxylic acids is 1. The number of para-hydroxylation sites is 1. The van der Waals surface area contributed by atoms with Gasteiger partial charge in [-0.2, -0.15) is 0 Å². The van der Waals surface area contributed by atoms with E-state index in [1.165, 1.54) is 6.07 Å². The van der Waals surface area contributed by atoms with Gasteiger partial charge < -0.3 is 15.1 Å². The number of carboxylic acids is 2. The van der Waals surface area contributed by atoms with E-state index >= 15 is 0 Å². The Hall–Kier alpha value is -3.26. The van der Waals surface area contributed by atoms with Crippen LogP contribution in [0.4, 0.5) is 5.69 Å². The zero-order valence-corrected chi connectivity index (χ0v) is 13.5. The molecule has 2 aromatic rings. The molecule has 0 amide bonds. The van der Waals surface area contributed by atoms with E-state index in [0.29, 0.717) is 30.8 Å². The third kappa shape index (κ3) is 3.64. The average Bonchev–Trinajstić information content (AvgIpc) is 3.10. The number of benzene rings is 2. The van der Waals surface area contributed by atoms with E-state index < -0.39 is 17.9 Å². The highest BCUT2D eigenvalue weighted by molar-refractivity contribution is 5.96. The molecule has 0 spiro atoms. The quantitative estimate of drug-likeness (QED) is 0.843. The molecule has 5 heteroatoms. The van der Waals surface area contributed by atoms with Gasteiger partial charge in [0.15, 0.2) is 0 Å². The molecule has 1 fully saturated rings. The number of nitrogens with zero attached hydrogens (tertiary/aromatic N) is 1. The molecule has 0 radical (unpaired) electrons. The Labute approximate surface area is 145 Å². The molecule has 3 rings (SSSR count). The highest BCUT2D eigenvalue weighted by atomic mass is 16.4. The molecule has 1 aliphatic heterocycles. The predicted molar refractivity (Wildman–Crippen MR) is 93.8 cm³/mol. The average molecular weight is 335 g/mol. The third-order valence-electron chi connectivity index (χ3n) is 4.24. The fraction of sp³-hybridized carbons (Fsp3) is 0.200. The fourth-order valence-electron chi connectivity index (χ4n) is 2.98. The van der Waals surface area contributed by atoms with Crippen LogP contribution in [-0.4, -0.2) is 35.2 Å². The van der Waals surface area contributed by atoms with E-state index in [2.05, 4.69) is 11.8 Å². The minimum absolute atomic E-state index is 0.144. The normalized spacial score (nSPS) is 16.2. The van der Waals surface area contributed by atoms with Gasteiger partial charge >= 0.3 is 11.9 Å². The molecule has 2 aromatic carbocycles. The van der Waals surface area contributed by atoms with Crippen LogP contribution < -0.4 is 4.90 Å². The van der Waals surface area contributed by atoms with Crippen molar-refractivity contribution in [3.63, 3.8) is 0 Å². The van der Waals surface area contributed by atoms with Crippen LogP contribution in [0.1, 0.15) is 27.9 Å². The van der Waals surface area contributed by atoms with E-state index in [1.54, 1.807) is 12.1 Å². The lowest BCUT2D eigenvalue weighted by Crippen LogP contribution is -2.25. The number of hydrogen-bond acceptors (Lipinski definition) is 3. The first-order valence-electron chi connectivity index (χ1n) is 7.97. The molecular formula is C20H17NO4. The van der Waals surface area contributed by atoms with Crippen LogP contribution >= 0.6 is 0 Å². The standard InChI is InChI=1S/C20H17NO4/c22-19(23)16-11-12-21(13-16)18-15(7-4-8-17(18)20(24)25)10-9-14-5-2-1-3-6-14/h1-8,16H,11-13H2,(H,22,23)(H,24,25). The van der Waals surface area contributed by atoms with Gasteiger partial charge in [-0.1, -0.05) is 36.1 Å². The van der Waals surface area contributed by atoms with Crippen molar-refractivity contribution in [2.24, 2.45) is 5.92 Å². The van der Waals surface area contributed by atoms with Gasteiger partial charge in [0.1, 0.15) is 0 Å². The number of anilines is 1. The first-order chi connectivity index (χ1) is 12.1. The highest BCUT2D eigenvalue weighted by Crippen LogP contribution is 2.30. The third-order valence-corrected chi connectivity index (χ3v) is 4.24. The Balaban J connectivity index is 2.02. The maximum atomic E-state index is 11.6. The number of aliphatic carboxylic acids is 1. The first kappa shape index (κ1) is 16.6. The molecule has 1 saturated heterocycles. The summed E-state index contributed by atoms with van der Waals surface area (Å²) >= 11 is 0. The maximum absolute atomic E-state index is 11.6. The summed E-state index contributed by atoms with van der Waals surface area (Å²) in [5.74, 6) is 3.69. The summed E-state index contributed by atoms with van der Waals surface area (Å²) in [5.41, 5.74) is 2.07. The van der Waals surface area contributed by atoms with E-state index in [4.69, 9.17) is 0 Å². The number of carboxylic acid groups (broad SMARTS) is 2. The predicted octanol–water partition coefficient (Wildman–Crippen LogP) is 2.70. The van der Waals surface area contributed by atoms with Gasteiger partial charge in [-0.25, -0.2) is 4.79 Å². The minimum Gasteiger partial charge on any atom is -0.481 e. The lowest BCUT2D eigenvalue weighted by atomic mass is 10.0. The monoisotopic (exact) mass is 335 g/mol. The maximum Gasteiger partial charge on any atom is 0.337 e. The summed E-state index contributed by atoms with van der Waals surface area (Å²) < 4.78 is 0. The number of hydrogen-bond donors (Lipinski definition) is 2. The Morgan fingerprint density at radius 3 is 2.40 bits per heavy atom. The van der Waals surface area contributed by atoms with E-state index in [9.17, 15) is 19.8 Å². The number of rotatable bonds is 3. The van der Waals surface area contributed by atoms with Crippen molar-refractivity contribution in [3.8, 4) is 11.8 Å². The summed E-state index contributed by atoms with van der Waals surface area (Å²) in [6.07, 6.45) is 0.495.